The molecule has 0 radical (unpaired) electrons. The molecular weight excluding hydrogens is 278 g/mol. The maximum absolute atomic E-state index is 5.00. The van der Waals surface area contributed by atoms with Crippen LogP contribution < -0.4 is 10.2 Å². The Morgan fingerprint density at radius 1 is 1.29 bits per heavy atom. The highest BCUT2D eigenvalue weighted by Crippen LogP contribution is 2.39. The second-order valence-corrected chi connectivity index (χ2v) is 6.99. The number of nitrogens with zero attached hydrogens (tertiary/aromatic N) is 2. The summed E-state index contributed by atoms with van der Waals surface area (Å²) in [6.07, 6.45) is 3.71. The highest BCUT2D eigenvalue weighted by atomic mass is 32.1. The Bertz CT molecular complexity index is 624. The van der Waals surface area contributed by atoms with Gasteiger partial charge in [0, 0.05) is 18.0 Å². The van der Waals surface area contributed by atoms with Crippen molar-refractivity contribution in [3.05, 3.63) is 46.0 Å². The van der Waals surface area contributed by atoms with Crippen LogP contribution in [-0.2, 0) is 19.5 Å². The van der Waals surface area contributed by atoms with Gasteiger partial charge < -0.3 is 10.2 Å². The summed E-state index contributed by atoms with van der Waals surface area (Å²) in [5.74, 6) is 0. The maximum Gasteiger partial charge on any atom is 0.186 e. The summed E-state index contributed by atoms with van der Waals surface area (Å²) in [5.41, 5.74) is 4.22. The molecule has 1 aliphatic carbocycles. The fourth-order valence-electron chi connectivity index (χ4n) is 3.45. The molecule has 21 heavy (non-hydrogen) atoms. The third-order valence-corrected chi connectivity index (χ3v) is 5.70. The summed E-state index contributed by atoms with van der Waals surface area (Å²) in [6, 6.07) is 9.22. The summed E-state index contributed by atoms with van der Waals surface area (Å²) in [7, 11) is 0. The first-order valence-electron chi connectivity index (χ1n) is 7.90. The van der Waals surface area contributed by atoms with Gasteiger partial charge >= 0.3 is 0 Å². The van der Waals surface area contributed by atoms with E-state index < -0.39 is 0 Å². The van der Waals surface area contributed by atoms with E-state index in [1.165, 1.54) is 46.1 Å². The molecule has 110 valence electrons. The van der Waals surface area contributed by atoms with Gasteiger partial charge in [0.2, 0.25) is 0 Å². The predicted octanol–water partition coefficient (Wildman–Crippen LogP) is 3.65. The van der Waals surface area contributed by atoms with Gasteiger partial charge in [-0.05, 0) is 36.9 Å². The Kier molecular flexibility index (Phi) is 3.43. The molecule has 1 atom stereocenters. The highest BCUT2D eigenvalue weighted by molar-refractivity contribution is 7.15. The third-order valence-electron chi connectivity index (χ3n) is 4.50. The van der Waals surface area contributed by atoms with E-state index in [1.54, 1.807) is 0 Å². The van der Waals surface area contributed by atoms with E-state index >= 15 is 0 Å². The van der Waals surface area contributed by atoms with Crippen molar-refractivity contribution < 1.29 is 0 Å². The molecule has 4 rings (SSSR count). The van der Waals surface area contributed by atoms with Crippen LogP contribution in [0.25, 0.3) is 0 Å². The molecule has 0 spiro atoms. The number of hydrogen-bond donors (Lipinski definition) is 1. The lowest BCUT2D eigenvalue weighted by molar-refractivity contribution is 0.465. The number of nitrogens with one attached hydrogen (secondary N) is 1. The summed E-state index contributed by atoms with van der Waals surface area (Å²) < 4.78 is 0. The van der Waals surface area contributed by atoms with Crippen molar-refractivity contribution in [3.63, 3.8) is 0 Å². The summed E-state index contributed by atoms with van der Waals surface area (Å²) >= 11 is 1.91. The van der Waals surface area contributed by atoms with Gasteiger partial charge in [-0.3, -0.25) is 0 Å². The Morgan fingerprint density at radius 2 is 2.05 bits per heavy atom. The molecule has 0 bridgehead atoms. The van der Waals surface area contributed by atoms with Crippen LogP contribution in [-0.4, -0.2) is 11.5 Å². The Labute approximate surface area is 130 Å². The van der Waals surface area contributed by atoms with Crippen molar-refractivity contribution in [1.82, 2.24) is 10.3 Å². The SMILES string of the molecule is CCNC1CCCc2sc(N3Cc4ccccc4C3)nc21. The van der Waals surface area contributed by atoms with Gasteiger partial charge in [-0.1, -0.05) is 31.2 Å². The average Bonchev–Trinajstić information content (AvgIpc) is 3.11. The number of aromatic nitrogens is 1. The molecule has 2 heterocycles. The van der Waals surface area contributed by atoms with Gasteiger partial charge in [0.15, 0.2) is 5.13 Å². The van der Waals surface area contributed by atoms with Gasteiger partial charge in [-0.25, -0.2) is 4.98 Å². The molecule has 1 N–H and O–H groups in total. The molecule has 1 aromatic carbocycles. The standard InChI is InChI=1S/C17H21N3S/c1-2-18-14-8-5-9-15-16(14)19-17(21-15)20-10-12-6-3-4-7-13(12)11-20/h3-4,6-7,14,18H,2,5,8-11H2,1H3. The van der Waals surface area contributed by atoms with Crippen LogP contribution >= 0.6 is 11.3 Å². The first-order chi connectivity index (χ1) is 10.3. The lowest BCUT2D eigenvalue weighted by atomic mass is 9.98. The van der Waals surface area contributed by atoms with Gasteiger partial charge in [-0.2, -0.15) is 0 Å². The molecule has 1 aromatic heterocycles. The zero-order chi connectivity index (χ0) is 14.2. The molecule has 1 aliphatic heterocycles. The number of aryl methyl sites for hydroxylation is 1. The minimum Gasteiger partial charge on any atom is -0.339 e. The fourth-order valence-corrected chi connectivity index (χ4v) is 4.62. The van der Waals surface area contributed by atoms with Crippen LogP contribution in [0.5, 0.6) is 0 Å². The summed E-state index contributed by atoms with van der Waals surface area (Å²) in [6.45, 7) is 5.22. The quantitative estimate of drug-likeness (QED) is 0.937. The van der Waals surface area contributed by atoms with Crippen LogP contribution in [0.1, 0.15) is 47.5 Å². The molecule has 1 unspecified atom stereocenters. The molecule has 0 saturated carbocycles. The minimum atomic E-state index is 0.466. The lowest BCUT2D eigenvalue weighted by Crippen LogP contribution is -2.24. The minimum absolute atomic E-state index is 0.466. The fraction of sp³-hybridized carbons (Fsp3) is 0.471. The Morgan fingerprint density at radius 3 is 2.76 bits per heavy atom. The van der Waals surface area contributed by atoms with Crippen LogP contribution in [0.2, 0.25) is 0 Å². The zero-order valence-electron chi connectivity index (χ0n) is 12.4. The number of fused-ring (bicyclic) bond motifs is 2. The van der Waals surface area contributed by atoms with Crippen LogP contribution in [0, 0.1) is 0 Å². The molecule has 4 heteroatoms. The van der Waals surface area contributed by atoms with E-state index in [1.807, 2.05) is 11.3 Å². The second-order valence-electron chi connectivity index (χ2n) is 5.93. The number of anilines is 1. The number of thiazole rings is 1. The van der Waals surface area contributed by atoms with Crippen molar-refractivity contribution in [2.24, 2.45) is 0 Å². The largest absolute Gasteiger partial charge is 0.339 e. The number of benzene rings is 1. The Hall–Kier alpha value is -1.39. The van der Waals surface area contributed by atoms with E-state index in [0.29, 0.717) is 6.04 Å². The van der Waals surface area contributed by atoms with Crippen LogP contribution in [0.4, 0.5) is 5.13 Å². The number of rotatable bonds is 3. The van der Waals surface area contributed by atoms with E-state index in [9.17, 15) is 0 Å². The topological polar surface area (TPSA) is 28.2 Å². The van der Waals surface area contributed by atoms with E-state index in [2.05, 4.69) is 41.4 Å². The van der Waals surface area contributed by atoms with Crippen molar-refractivity contribution in [3.8, 4) is 0 Å². The molecule has 0 amide bonds. The monoisotopic (exact) mass is 299 g/mol. The normalized spacial score (nSPS) is 20.4. The Balaban J connectivity index is 1.61. The van der Waals surface area contributed by atoms with Crippen LogP contribution in [0.3, 0.4) is 0 Å². The smallest absolute Gasteiger partial charge is 0.186 e. The molecule has 2 aromatic rings. The average molecular weight is 299 g/mol. The predicted molar refractivity (Wildman–Crippen MR) is 87.8 cm³/mol. The third kappa shape index (κ3) is 2.36. The molecule has 0 fully saturated rings. The van der Waals surface area contributed by atoms with E-state index in [0.717, 1.165) is 19.6 Å². The summed E-state index contributed by atoms with van der Waals surface area (Å²) in [4.78, 5) is 8.92. The van der Waals surface area contributed by atoms with Crippen molar-refractivity contribution >= 4 is 16.5 Å². The number of hydrogen-bond acceptors (Lipinski definition) is 4. The highest BCUT2D eigenvalue weighted by Gasteiger charge is 2.27. The first kappa shape index (κ1) is 13.3. The van der Waals surface area contributed by atoms with Gasteiger partial charge in [0.1, 0.15) is 0 Å². The molecule has 2 aliphatic rings. The second kappa shape index (κ2) is 5.43. The molecule has 3 nitrogen and oxygen atoms in total. The maximum atomic E-state index is 5.00. The van der Waals surface area contributed by atoms with Crippen molar-refractivity contribution in [2.45, 2.75) is 45.3 Å². The van der Waals surface area contributed by atoms with Gasteiger partial charge in [0.25, 0.3) is 0 Å². The lowest BCUT2D eigenvalue weighted by Gasteiger charge is -2.21. The summed E-state index contributed by atoms with van der Waals surface area (Å²) in [5, 5.41) is 4.80. The first-order valence-corrected chi connectivity index (χ1v) is 8.71. The van der Waals surface area contributed by atoms with Crippen molar-refractivity contribution in [2.75, 3.05) is 11.4 Å². The zero-order valence-corrected chi connectivity index (χ0v) is 13.2. The van der Waals surface area contributed by atoms with Gasteiger partial charge in [-0.15, -0.1) is 11.3 Å². The molecule has 0 saturated heterocycles. The van der Waals surface area contributed by atoms with Gasteiger partial charge in [0.05, 0.1) is 11.7 Å². The molecular formula is C17H21N3S. The van der Waals surface area contributed by atoms with Crippen molar-refractivity contribution in [1.29, 1.82) is 0 Å². The van der Waals surface area contributed by atoms with Crippen LogP contribution in [0.15, 0.2) is 24.3 Å². The van der Waals surface area contributed by atoms with E-state index in [-0.39, 0.29) is 0 Å². The van der Waals surface area contributed by atoms with E-state index in [4.69, 9.17) is 4.98 Å².